The molecule has 2 atom stereocenters. The molecule has 174 valence electrons. The summed E-state index contributed by atoms with van der Waals surface area (Å²) >= 11 is 0. The molecule has 1 aromatic carbocycles. The monoisotopic (exact) mass is 451 g/mol. The molecular weight excluding hydrogens is 421 g/mol. The molecule has 2 fully saturated rings. The number of benzene rings is 1. The van der Waals surface area contributed by atoms with Crippen molar-refractivity contribution in [2.75, 3.05) is 6.54 Å². The van der Waals surface area contributed by atoms with Crippen LogP contribution in [0.2, 0.25) is 0 Å². The third-order valence-corrected chi connectivity index (χ3v) is 7.75. The minimum absolute atomic E-state index is 0.0999. The summed E-state index contributed by atoms with van der Waals surface area (Å²) in [6.07, 6.45) is 5.90. The normalized spacial score (nSPS) is 25.7. The van der Waals surface area contributed by atoms with Crippen LogP contribution < -0.4 is 0 Å². The summed E-state index contributed by atoms with van der Waals surface area (Å²) < 4.78 is 17.2. The van der Waals surface area contributed by atoms with Gasteiger partial charge in [0.05, 0.1) is 11.5 Å². The van der Waals surface area contributed by atoms with Crippen LogP contribution in [-0.4, -0.2) is 44.7 Å². The molecule has 0 bridgehead atoms. The number of hydrogen-bond donors (Lipinski definition) is 0. The molecule has 3 heterocycles. The highest BCUT2D eigenvalue weighted by Crippen LogP contribution is 2.44. The van der Waals surface area contributed by atoms with Crippen molar-refractivity contribution in [3.05, 3.63) is 59.7 Å². The second-order valence-electron chi connectivity index (χ2n) is 9.56. The highest BCUT2D eigenvalue weighted by molar-refractivity contribution is 6.11. The first-order valence-corrected chi connectivity index (χ1v) is 12.0. The molecule has 1 saturated heterocycles. The number of likely N-dealkylation sites (tertiary alicyclic amines) is 1. The number of amides is 3. The predicted octanol–water partition coefficient (Wildman–Crippen LogP) is 3.95. The van der Waals surface area contributed by atoms with E-state index in [0.29, 0.717) is 13.1 Å². The Morgan fingerprint density at radius 2 is 1.85 bits per heavy atom. The summed E-state index contributed by atoms with van der Waals surface area (Å²) in [6, 6.07) is 9.86. The van der Waals surface area contributed by atoms with Gasteiger partial charge in [0.25, 0.3) is 0 Å². The Labute approximate surface area is 193 Å². The summed E-state index contributed by atoms with van der Waals surface area (Å²) in [5, 5.41) is 0. The van der Waals surface area contributed by atoms with E-state index in [1.165, 1.54) is 11.0 Å². The molecule has 0 N–H and O–H groups in total. The number of carbonyl (C=O) groups is 3. The van der Waals surface area contributed by atoms with Crippen LogP contribution in [-0.2, 0) is 26.3 Å². The van der Waals surface area contributed by atoms with Crippen LogP contribution >= 0.6 is 0 Å². The van der Waals surface area contributed by atoms with Gasteiger partial charge >= 0.3 is 0 Å². The molecule has 5 rings (SSSR count). The van der Waals surface area contributed by atoms with Crippen LogP contribution in [0, 0.1) is 5.82 Å². The Bertz CT molecular complexity index is 1090. The smallest absolute Gasteiger partial charge is 0.241 e. The molecule has 6 nitrogen and oxygen atoms in total. The van der Waals surface area contributed by atoms with Crippen LogP contribution in [0.5, 0.6) is 0 Å². The molecule has 3 amide bonds. The highest BCUT2D eigenvalue weighted by atomic mass is 19.1. The molecule has 2 aromatic rings. The Morgan fingerprint density at radius 1 is 1.09 bits per heavy atom. The van der Waals surface area contributed by atoms with Crippen molar-refractivity contribution in [3.8, 4) is 0 Å². The number of imide groups is 1. The number of carbonyl (C=O) groups excluding carboxylic acids is 3. The van der Waals surface area contributed by atoms with Crippen LogP contribution in [0.1, 0.15) is 69.2 Å². The maximum Gasteiger partial charge on any atom is 0.241 e. The lowest BCUT2D eigenvalue weighted by Gasteiger charge is -2.39. The van der Waals surface area contributed by atoms with E-state index < -0.39 is 17.1 Å². The molecule has 33 heavy (non-hydrogen) atoms. The van der Waals surface area contributed by atoms with E-state index in [4.69, 9.17) is 0 Å². The number of aromatic nitrogens is 1. The maximum atomic E-state index is 15.1. The van der Waals surface area contributed by atoms with Gasteiger partial charge in [-0.15, -0.1) is 0 Å². The van der Waals surface area contributed by atoms with E-state index in [2.05, 4.69) is 4.57 Å². The SMILES string of the molecule is CC[C@@H]1c2cccn2CCN1C(=O)C[C@@]1(c2ccccc2F)CC(=O)N(C2CCCC2)C1=O. The molecule has 0 spiro atoms. The number of nitrogens with zero attached hydrogens (tertiary/aromatic N) is 3. The van der Waals surface area contributed by atoms with Crippen molar-refractivity contribution in [3.63, 3.8) is 0 Å². The fourth-order valence-electron chi connectivity index (χ4n) is 6.14. The first kappa shape index (κ1) is 21.9. The van der Waals surface area contributed by atoms with Crippen molar-refractivity contribution < 1.29 is 18.8 Å². The molecule has 1 aromatic heterocycles. The molecule has 1 aliphatic carbocycles. The van der Waals surface area contributed by atoms with Crippen molar-refractivity contribution in [1.82, 2.24) is 14.4 Å². The van der Waals surface area contributed by atoms with Gasteiger partial charge in [-0.25, -0.2) is 4.39 Å². The Kier molecular flexibility index (Phi) is 5.59. The van der Waals surface area contributed by atoms with Gasteiger partial charge in [0.1, 0.15) is 5.82 Å². The van der Waals surface area contributed by atoms with Crippen LogP contribution in [0.3, 0.4) is 0 Å². The average Bonchev–Trinajstić information content (AvgIpc) is 3.54. The number of fused-ring (bicyclic) bond motifs is 1. The van der Waals surface area contributed by atoms with Crippen LogP contribution in [0.25, 0.3) is 0 Å². The van der Waals surface area contributed by atoms with E-state index in [9.17, 15) is 14.4 Å². The van der Waals surface area contributed by atoms with Gasteiger partial charge in [-0.2, -0.15) is 0 Å². The van der Waals surface area contributed by atoms with Gasteiger partial charge < -0.3 is 9.47 Å². The Morgan fingerprint density at radius 3 is 2.58 bits per heavy atom. The van der Waals surface area contributed by atoms with E-state index in [0.717, 1.165) is 37.8 Å². The second-order valence-corrected chi connectivity index (χ2v) is 9.56. The molecule has 2 aliphatic heterocycles. The third kappa shape index (κ3) is 3.49. The van der Waals surface area contributed by atoms with Crippen molar-refractivity contribution in [2.45, 2.75) is 75.9 Å². The summed E-state index contributed by atoms with van der Waals surface area (Å²) in [7, 11) is 0. The van der Waals surface area contributed by atoms with Crippen LogP contribution in [0.4, 0.5) is 4.39 Å². The number of rotatable bonds is 5. The predicted molar refractivity (Wildman–Crippen MR) is 121 cm³/mol. The fourth-order valence-corrected chi connectivity index (χ4v) is 6.14. The minimum atomic E-state index is -1.49. The first-order valence-electron chi connectivity index (χ1n) is 12.0. The van der Waals surface area contributed by atoms with Gasteiger partial charge in [-0.1, -0.05) is 38.0 Å². The van der Waals surface area contributed by atoms with Gasteiger partial charge in [-0.3, -0.25) is 19.3 Å². The maximum absolute atomic E-state index is 15.1. The zero-order valence-corrected chi connectivity index (χ0v) is 19.0. The van der Waals surface area contributed by atoms with Crippen molar-refractivity contribution in [2.24, 2.45) is 0 Å². The molecule has 7 heteroatoms. The fraction of sp³-hybridized carbons (Fsp3) is 0.500. The molecule has 0 unspecified atom stereocenters. The number of halogens is 1. The molecule has 0 radical (unpaired) electrons. The Balaban J connectivity index is 1.51. The third-order valence-electron chi connectivity index (χ3n) is 7.75. The quantitative estimate of drug-likeness (QED) is 0.647. The first-order chi connectivity index (χ1) is 16.0. The topological polar surface area (TPSA) is 62.6 Å². The second kappa shape index (κ2) is 8.43. The lowest BCUT2D eigenvalue weighted by atomic mass is 9.75. The minimum Gasteiger partial charge on any atom is -0.348 e. The van der Waals surface area contributed by atoms with E-state index in [-0.39, 0.29) is 42.3 Å². The summed E-state index contributed by atoms with van der Waals surface area (Å²) in [5.41, 5.74) is -0.260. The molecule has 3 aliphatic rings. The van der Waals surface area contributed by atoms with Gasteiger partial charge in [0.15, 0.2) is 0 Å². The molecule has 1 saturated carbocycles. The lowest BCUT2D eigenvalue weighted by Crippen LogP contribution is -2.48. The van der Waals surface area contributed by atoms with Crippen molar-refractivity contribution in [1.29, 1.82) is 0 Å². The average molecular weight is 452 g/mol. The summed E-state index contributed by atoms with van der Waals surface area (Å²) in [4.78, 5) is 43.9. The molecular formula is C26H30FN3O3. The zero-order valence-electron chi connectivity index (χ0n) is 19.0. The van der Waals surface area contributed by atoms with Gasteiger partial charge in [-0.05, 0) is 37.5 Å². The zero-order chi connectivity index (χ0) is 23.2. The van der Waals surface area contributed by atoms with E-state index in [1.807, 2.05) is 30.2 Å². The van der Waals surface area contributed by atoms with Crippen LogP contribution in [0.15, 0.2) is 42.6 Å². The standard InChI is InChI=1S/C26H30FN3O3/c1-2-21-22-12-7-13-28(22)14-15-29(21)23(31)16-26(19-10-5-6-11-20(19)27)17-24(32)30(25(26)33)18-8-3-4-9-18/h5-7,10-13,18,21H,2-4,8-9,14-17H2,1H3/t21-,26+/m1/s1. The summed E-state index contributed by atoms with van der Waals surface area (Å²) in [5.74, 6) is -1.44. The van der Waals surface area contributed by atoms with E-state index >= 15 is 4.39 Å². The largest absolute Gasteiger partial charge is 0.348 e. The van der Waals surface area contributed by atoms with Crippen molar-refractivity contribution >= 4 is 17.7 Å². The van der Waals surface area contributed by atoms with Gasteiger partial charge in [0, 0.05) is 49.4 Å². The lowest BCUT2D eigenvalue weighted by molar-refractivity contribution is -0.145. The van der Waals surface area contributed by atoms with Gasteiger partial charge in [0.2, 0.25) is 17.7 Å². The Hall–Kier alpha value is -2.96. The number of hydrogen-bond acceptors (Lipinski definition) is 3. The van der Waals surface area contributed by atoms with E-state index in [1.54, 1.807) is 18.2 Å². The highest BCUT2D eigenvalue weighted by Gasteiger charge is 2.57. The summed E-state index contributed by atoms with van der Waals surface area (Å²) in [6.45, 7) is 3.24.